The van der Waals surface area contributed by atoms with E-state index in [2.05, 4.69) is 58.1 Å². The molecule has 2 heterocycles. The van der Waals surface area contributed by atoms with Gasteiger partial charge < -0.3 is 0 Å². The number of carbonyl (C=O) groups excluding carboxylic acids is 1. The number of rotatable bonds is 3. The summed E-state index contributed by atoms with van der Waals surface area (Å²) in [4.78, 5) is 17.3. The monoisotopic (exact) mass is 520 g/mol. The molecule has 1 aromatic carbocycles. The molecule has 3 nitrogen and oxygen atoms in total. The van der Waals surface area contributed by atoms with Crippen LogP contribution in [0.1, 0.15) is 9.67 Å². The standard InChI is InChI=1S/C14H7Br3N2OS2/c15-8-3-1-2-7(4-8)10-6-21-14(18-10)19-13(20)11-5-9(16)12(17)22-11/h1-6H,(H,18,19,20). The number of benzene rings is 1. The third kappa shape index (κ3) is 3.68. The highest BCUT2D eigenvalue weighted by molar-refractivity contribution is 9.13. The number of hydrogen-bond acceptors (Lipinski definition) is 4. The predicted molar refractivity (Wildman–Crippen MR) is 103 cm³/mol. The van der Waals surface area contributed by atoms with Crippen LogP contribution in [0.15, 0.2) is 48.4 Å². The number of halogens is 3. The van der Waals surface area contributed by atoms with Crippen LogP contribution in [0.4, 0.5) is 5.13 Å². The summed E-state index contributed by atoms with van der Waals surface area (Å²) in [5.41, 5.74) is 1.85. The Morgan fingerprint density at radius 2 is 2.00 bits per heavy atom. The van der Waals surface area contributed by atoms with Gasteiger partial charge in [0, 0.05) is 19.9 Å². The maximum atomic E-state index is 12.2. The molecule has 3 aromatic rings. The Morgan fingerprint density at radius 1 is 1.18 bits per heavy atom. The number of nitrogens with zero attached hydrogens (tertiary/aromatic N) is 1. The van der Waals surface area contributed by atoms with E-state index in [0.717, 1.165) is 24.0 Å². The van der Waals surface area contributed by atoms with Crippen LogP contribution in [-0.4, -0.2) is 10.9 Å². The van der Waals surface area contributed by atoms with E-state index in [1.807, 2.05) is 29.6 Å². The molecule has 1 amide bonds. The Hall–Kier alpha value is -0.540. The summed E-state index contributed by atoms with van der Waals surface area (Å²) >= 11 is 13.0. The zero-order chi connectivity index (χ0) is 15.7. The smallest absolute Gasteiger partial charge is 0.267 e. The topological polar surface area (TPSA) is 42.0 Å². The molecule has 0 radical (unpaired) electrons. The highest BCUT2D eigenvalue weighted by Crippen LogP contribution is 2.33. The SMILES string of the molecule is O=C(Nc1nc(-c2cccc(Br)c2)cs1)c1cc(Br)c(Br)s1. The van der Waals surface area contributed by atoms with E-state index in [-0.39, 0.29) is 5.91 Å². The van der Waals surface area contributed by atoms with Gasteiger partial charge in [-0.05, 0) is 50.1 Å². The summed E-state index contributed by atoms with van der Waals surface area (Å²) < 4.78 is 2.76. The van der Waals surface area contributed by atoms with E-state index in [1.54, 1.807) is 6.07 Å². The Morgan fingerprint density at radius 3 is 2.68 bits per heavy atom. The second-order valence-corrected chi connectivity index (χ2v) is 9.23. The summed E-state index contributed by atoms with van der Waals surface area (Å²) in [6, 6.07) is 9.68. The third-order valence-corrected chi connectivity index (χ3v) is 7.22. The molecule has 0 unspecified atom stereocenters. The Kier molecular flexibility index (Phi) is 5.13. The first-order chi connectivity index (χ1) is 10.5. The van der Waals surface area contributed by atoms with E-state index < -0.39 is 0 Å². The second kappa shape index (κ2) is 6.92. The molecule has 22 heavy (non-hydrogen) atoms. The largest absolute Gasteiger partial charge is 0.297 e. The van der Waals surface area contributed by atoms with Gasteiger partial charge >= 0.3 is 0 Å². The van der Waals surface area contributed by atoms with Gasteiger partial charge in [-0.25, -0.2) is 4.98 Å². The number of aromatic nitrogens is 1. The Balaban J connectivity index is 1.78. The van der Waals surface area contributed by atoms with Crippen molar-refractivity contribution in [2.45, 2.75) is 0 Å². The van der Waals surface area contributed by atoms with E-state index in [9.17, 15) is 4.79 Å². The molecule has 0 fully saturated rings. The van der Waals surface area contributed by atoms with Crippen molar-refractivity contribution in [2.75, 3.05) is 5.32 Å². The van der Waals surface area contributed by atoms with Crippen molar-refractivity contribution in [1.29, 1.82) is 0 Å². The van der Waals surface area contributed by atoms with Gasteiger partial charge in [-0.2, -0.15) is 0 Å². The first-order valence-corrected chi connectivity index (χ1v) is 10.1. The third-order valence-electron chi connectivity index (χ3n) is 2.71. The minimum atomic E-state index is -0.161. The zero-order valence-corrected chi connectivity index (χ0v) is 17.2. The fourth-order valence-electron chi connectivity index (χ4n) is 1.73. The molecule has 0 saturated heterocycles. The minimum Gasteiger partial charge on any atom is -0.297 e. The highest BCUT2D eigenvalue weighted by Gasteiger charge is 2.14. The Labute approximate surface area is 160 Å². The minimum absolute atomic E-state index is 0.161. The number of amides is 1. The zero-order valence-electron chi connectivity index (χ0n) is 10.8. The van der Waals surface area contributed by atoms with Crippen molar-refractivity contribution < 1.29 is 4.79 Å². The van der Waals surface area contributed by atoms with Gasteiger partial charge in [0.1, 0.15) is 0 Å². The fraction of sp³-hybridized carbons (Fsp3) is 0. The molecule has 1 N–H and O–H groups in total. The normalized spacial score (nSPS) is 10.7. The molecule has 8 heteroatoms. The van der Waals surface area contributed by atoms with Gasteiger partial charge in [-0.15, -0.1) is 22.7 Å². The van der Waals surface area contributed by atoms with E-state index in [0.29, 0.717) is 10.0 Å². The summed E-state index contributed by atoms with van der Waals surface area (Å²) in [5.74, 6) is -0.161. The van der Waals surface area contributed by atoms with Crippen LogP contribution < -0.4 is 5.32 Å². The molecule has 0 aliphatic heterocycles. The average molecular weight is 523 g/mol. The quantitative estimate of drug-likeness (QED) is 0.432. The lowest BCUT2D eigenvalue weighted by Crippen LogP contribution is -2.09. The molecule has 0 spiro atoms. The van der Waals surface area contributed by atoms with Crippen molar-refractivity contribution in [2.24, 2.45) is 0 Å². The van der Waals surface area contributed by atoms with Crippen LogP contribution in [-0.2, 0) is 0 Å². The summed E-state index contributed by atoms with van der Waals surface area (Å²) in [6.07, 6.45) is 0. The number of nitrogens with one attached hydrogen (secondary N) is 1. The molecule has 112 valence electrons. The molecule has 0 aliphatic carbocycles. The van der Waals surface area contributed by atoms with Gasteiger partial charge in [-0.1, -0.05) is 28.1 Å². The van der Waals surface area contributed by atoms with Crippen LogP contribution in [0.25, 0.3) is 11.3 Å². The van der Waals surface area contributed by atoms with Gasteiger partial charge in [0.25, 0.3) is 5.91 Å². The van der Waals surface area contributed by atoms with Crippen LogP contribution in [0.2, 0.25) is 0 Å². The van der Waals surface area contributed by atoms with Gasteiger partial charge in [0.2, 0.25) is 0 Å². The summed E-state index contributed by atoms with van der Waals surface area (Å²) in [7, 11) is 0. The maximum absolute atomic E-state index is 12.2. The molecule has 0 bridgehead atoms. The van der Waals surface area contributed by atoms with Crippen molar-refractivity contribution in [3.05, 3.63) is 53.3 Å². The lowest BCUT2D eigenvalue weighted by atomic mass is 10.2. The molecule has 0 atom stereocenters. The van der Waals surface area contributed by atoms with E-state index >= 15 is 0 Å². The number of thiazole rings is 1. The van der Waals surface area contributed by atoms with Crippen molar-refractivity contribution in [1.82, 2.24) is 4.98 Å². The van der Waals surface area contributed by atoms with Gasteiger partial charge in [-0.3, -0.25) is 10.1 Å². The molecule has 0 saturated carbocycles. The molecule has 0 aliphatic rings. The van der Waals surface area contributed by atoms with E-state index in [4.69, 9.17) is 0 Å². The van der Waals surface area contributed by atoms with Crippen LogP contribution in [0.5, 0.6) is 0 Å². The molecular weight excluding hydrogens is 516 g/mol. The number of carbonyl (C=O) groups is 1. The first-order valence-electron chi connectivity index (χ1n) is 6.00. The van der Waals surface area contributed by atoms with Crippen molar-refractivity contribution >= 4 is 81.5 Å². The number of anilines is 1. The first kappa shape index (κ1) is 16.3. The lowest BCUT2D eigenvalue weighted by molar-refractivity contribution is 0.103. The van der Waals surface area contributed by atoms with Crippen molar-refractivity contribution in [3.63, 3.8) is 0 Å². The maximum Gasteiger partial charge on any atom is 0.267 e. The van der Waals surface area contributed by atoms with Crippen molar-refractivity contribution in [3.8, 4) is 11.3 Å². The lowest BCUT2D eigenvalue weighted by Gasteiger charge is -1.99. The summed E-state index contributed by atoms with van der Waals surface area (Å²) in [5, 5.41) is 5.34. The average Bonchev–Trinajstić information content (AvgIpc) is 3.07. The highest BCUT2D eigenvalue weighted by atomic mass is 79.9. The molecular formula is C14H7Br3N2OS2. The van der Waals surface area contributed by atoms with E-state index in [1.165, 1.54) is 22.7 Å². The summed E-state index contributed by atoms with van der Waals surface area (Å²) in [6.45, 7) is 0. The van der Waals surface area contributed by atoms with Gasteiger partial charge in [0.05, 0.1) is 14.4 Å². The van der Waals surface area contributed by atoms with Gasteiger partial charge in [0.15, 0.2) is 5.13 Å². The number of thiophene rings is 1. The van der Waals surface area contributed by atoms with Crippen LogP contribution in [0, 0.1) is 0 Å². The Bertz CT molecular complexity index is 825. The number of hydrogen-bond donors (Lipinski definition) is 1. The second-order valence-electron chi connectivity index (χ2n) is 4.23. The van der Waals surface area contributed by atoms with Crippen LogP contribution >= 0.6 is 70.5 Å². The predicted octanol–water partition coefficient (Wildman–Crippen LogP) is 6.41. The molecule has 2 aromatic heterocycles. The molecule has 3 rings (SSSR count). The van der Waals surface area contributed by atoms with Crippen LogP contribution in [0.3, 0.4) is 0 Å². The fourth-order valence-corrected chi connectivity index (χ4v) is 4.77.